The van der Waals surface area contributed by atoms with Crippen LogP contribution >= 0.6 is 0 Å². The van der Waals surface area contributed by atoms with E-state index < -0.39 is 27.6 Å². The molecule has 0 spiro atoms. The Morgan fingerprint density at radius 3 is 2.74 bits per heavy atom. The number of fused-ring (bicyclic) bond motifs is 1. The smallest absolute Gasteiger partial charge is 0.344 e. The minimum absolute atomic E-state index is 0.0489. The first-order valence-electron chi connectivity index (χ1n) is 9.68. The van der Waals surface area contributed by atoms with E-state index in [4.69, 9.17) is 9.84 Å². The van der Waals surface area contributed by atoms with Gasteiger partial charge in [-0.2, -0.15) is 4.36 Å². The van der Waals surface area contributed by atoms with Crippen molar-refractivity contribution in [3.05, 3.63) is 48.0 Å². The molecule has 2 heterocycles. The number of rotatable bonds is 6. The Morgan fingerprint density at radius 1 is 1.29 bits per heavy atom. The van der Waals surface area contributed by atoms with Crippen molar-refractivity contribution in [2.45, 2.75) is 26.4 Å². The minimum Gasteiger partial charge on any atom is -0.479 e. The van der Waals surface area contributed by atoms with Gasteiger partial charge in [0.2, 0.25) is 0 Å². The predicted molar refractivity (Wildman–Crippen MR) is 116 cm³/mol. The van der Waals surface area contributed by atoms with Crippen LogP contribution < -0.4 is 10.1 Å². The van der Waals surface area contributed by atoms with Gasteiger partial charge in [-0.1, -0.05) is 0 Å². The highest BCUT2D eigenvalue weighted by Crippen LogP contribution is 2.34. The second kappa shape index (κ2) is 8.10. The van der Waals surface area contributed by atoms with Gasteiger partial charge in [-0.3, -0.25) is 0 Å². The highest BCUT2D eigenvalue weighted by Gasteiger charge is 2.20. The number of aliphatic carboxylic acids is 1. The molecule has 162 valence electrons. The van der Waals surface area contributed by atoms with Crippen LogP contribution in [0.1, 0.15) is 18.9 Å². The maximum absolute atomic E-state index is 13.8. The molecule has 1 aliphatic heterocycles. The molecule has 1 aliphatic rings. The number of ether oxygens (including phenoxy) is 1. The summed E-state index contributed by atoms with van der Waals surface area (Å²) in [7, 11) is -2.15. The fourth-order valence-corrected chi connectivity index (χ4v) is 4.72. The van der Waals surface area contributed by atoms with E-state index in [1.165, 1.54) is 25.4 Å². The molecule has 1 fully saturated rings. The van der Waals surface area contributed by atoms with Crippen LogP contribution in [0, 0.1) is 12.7 Å². The zero-order valence-corrected chi connectivity index (χ0v) is 17.8. The molecule has 31 heavy (non-hydrogen) atoms. The highest BCUT2D eigenvalue weighted by molar-refractivity contribution is 7.95. The maximum atomic E-state index is 13.8. The van der Waals surface area contributed by atoms with Gasteiger partial charge in [0, 0.05) is 23.0 Å². The first-order chi connectivity index (χ1) is 14.7. The fourth-order valence-electron chi connectivity index (χ4n) is 3.26. The molecule has 10 heteroatoms. The number of anilines is 2. The SMILES string of the molecule is Cc1cc(N=S2(=O)CCC2)cc2ncnc(Nc3ccc(F)cc3O[C@H](C)C(=O)O)c12. The van der Waals surface area contributed by atoms with E-state index in [-0.39, 0.29) is 5.75 Å². The Bertz CT molecular complexity index is 1290. The summed E-state index contributed by atoms with van der Waals surface area (Å²) in [5.74, 6) is -0.00205. The molecule has 2 N–H and O–H groups in total. The average Bonchev–Trinajstić information content (AvgIpc) is 2.68. The highest BCUT2D eigenvalue weighted by atomic mass is 32.2. The molecule has 0 saturated carbocycles. The standard InChI is InChI=1S/C21H21FN4O4S/c1-12-8-15(26-31(29)6-3-7-31)10-17-19(12)20(24-11-23-17)25-16-5-4-14(22)9-18(16)30-13(2)21(27)28/h4-5,8-11,13H,3,6-7H2,1-2H3,(H,27,28)(H,23,24,25)/t13-/m1/s1. The van der Waals surface area contributed by atoms with Gasteiger partial charge in [0.25, 0.3) is 0 Å². The minimum atomic E-state index is -2.15. The Kier molecular flexibility index (Phi) is 5.48. The number of benzene rings is 2. The van der Waals surface area contributed by atoms with Crippen LogP contribution in [0.2, 0.25) is 0 Å². The average molecular weight is 444 g/mol. The summed E-state index contributed by atoms with van der Waals surface area (Å²) in [6.07, 6.45) is 1.14. The van der Waals surface area contributed by atoms with E-state index in [2.05, 4.69) is 19.6 Å². The summed E-state index contributed by atoms with van der Waals surface area (Å²) in [5.41, 5.74) is 2.41. The van der Waals surface area contributed by atoms with Crippen LogP contribution in [0.15, 0.2) is 41.0 Å². The van der Waals surface area contributed by atoms with E-state index in [9.17, 15) is 13.4 Å². The number of carboxylic acid groups (broad SMARTS) is 1. The largest absolute Gasteiger partial charge is 0.479 e. The van der Waals surface area contributed by atoms with Crippen LogP contribution in [0.25, 0.3) is 10.9 Å². The second-order valence-electron chi connectivity index (χ2n) is 7.37. The normalized spacial score (nSPS) is 15.7. The van der Waals surface area contributed by atoms with E-state index in [1.807, 2.05) is 13.0 Å². The first kappa shape index (κ1) is 21.0. The summed E-state index contributed by atoms with van der Waals surface area (Å²) in [6, 6.07) is 7.39. The van der Waals surface area contributed by atoms with Crippen LogP contribution in [0.4, 0.5) is 21.6 Å². The Morgan fingerprint density at radius 2 is 2.06 bits per heavy atom. The summed E-state index contributed by atoms with van der Waals surface area (Å²) >= 11 is 0. The number of carboxylic acids is 1. The molecule has 2 aromatic carbocycles. The topological polar surface area (TPSA) is 114 Å². The molecule has 0 bridgehead atoms. The fraction of sp³-hybridized carbons (Fsp3) is 0.286. The van der Waals surface area contributed by atoms with Gasteiger partial charge in [0.15, 0.2) is 6.10 Å². The molecule has 1 saturated heterocycles. The van der Waals surface area contributed by atoms with Gasteiger partial charge in [-0.05, 0) is 50.1 Å². The molecule has 0 radical (unpaired) electrons. The van der Waals surface area contributed by atoms with Crippen LogP contribution in [-0.4, -0.2) is 42.9 Å². The summed E-state index contributed by atoms with van der Waals surface area (Å²) in [4.78, 5) is 19.8. The molecule has 4 rings (SSSR count). The summed E-state index contributed by atoms with van der Waals surface area (Å²) < 4.78 is 36.0. The molecule has 0 aliphatic carbocycles. The lowest BCUT2D eigenvalue weighted by Crippen LogP contribution is -2.23. The lowest BCUT2D eigenvalue weighted by molar-refractivity contribution is -0.144. The molecular formula is C21H21FN4O4S. The maximum Gasteiger partial charge on any atom is 0.344 e. The quantitative estimate of drug-likeness (QED) is 0.586. The third kappa shape index (κ3) is 4.43. The molecule has 1 aromatic heterocycles. The lowest BCUT2D eigenvalue weighted by Gasteiger charge is -2.18. The van der Waals surface area contributed by atoms with Crippen molar-refractivity contribution in [2.24, 2.45) is 4.36 Å². The Balaban J connectivity index is 1.74. The van der Waals surface area contributed by atoms with Crippen LogP contribution in [-0.2, 0) is 14.5 Å². The van der Waals surface area contributed by atoms with Crippen molar-refractivity contribution in [1.29, 1.82) is 0 Å². The molecule has 0 amide bonds. The van der Waals surface area contributed by atoms with Gasteiger partial charge < -0.3 is 15.2 Å². The summed E-state index contributed by atoms with van der Waals surface area (Å²) in [5, 5.41) is 12.9. The number of hydrogen-bond acceptors (Lipinski definition) is 7. The van der Waals surface area contributed by atoms with Crippen molar-refractivity contribution < 1.29 is 23.2 Å². The number of nitrogens with zero attached hydrogens (tertiary/aromatic N) is 3. The Labute approximate surface area is 178 Å². The molecule has 8 nitrogen and oxygen atoms in total. The van der Waals surface area contributed by atoms with Crippen LogP contribution in [0.3, 0.4) is 0 Å². The number of carbonyl (C=O) groups is 1. The zero-order valence-electron chi connectivity index (χ0n) is 17.0. The van der Waals surface area contributed by atoms with E-state index >= 15 is 0 Å². The molecule has 0 unspecified atom stereocenters. The number of nitrogens with one attached hydrogen (secondary N) is 1. The van der Waals surface area contributed by atoms with Gasteiger partial charge in [-0.15, -0.1) is 0 Å². The predicted octanol–water partition coefficient (Wildman–Crippen LogP) is 4.18. The lowest BCUT2D eigenvalue weighted by atomic mass is 10.1. The van der Waals surface area contributed by atoms with Crippen molar-refractivity contribution in [2.75, 3.05) is 16.8 Å². The van der Waals surface area contributed by atoms with Crippen molar-refractivity contribution in [3.63, 3.8) is 0 Å². The zero-order chi connectivity index (χ0) is 22.2. The second-order valence-corrected chi connectivity index (χ2v) is 9.91. The van der Waals surface area contributed by atoms with E-state index in [0.717, 1.165) is 18.1 Å². The Hall–Kier alpha value is -3.27. The summed E-state index contributed by atoms with van der Waals surface area (Å²) in [6.45, 7) is 3.23. The third-order valence-corrected chi connectivity index (χ3v) is 7.36. The van der Waals surface area contributed by atoms with Gasteiger partial charge in [-0.25, -0.2) is 23.4 Å². The monoisotopic (exact) mass is 444 g/mol. The van der Waals surface area contributed by atoms with Gasteiger partial charge in [0.1, 0.15) is 23.7 Å². The number of aromatic nitrogens is 2. The third-order valence-electron chi connectivity index (χ3n) is 4.97. The van der Waals surface area contributed by atoms with Gasteiger partial charge in [0.05, 0.1) is 26.6 Å². The van der Waals surface area contributed by atoms with E-state index in [0.29, 0.717) is 39.6 Å². The molecule has 3 aromatic rings. The number of hydrogen-bond donors (Lipinski definition) is 2. The number of halogens is 1. The first-order valence-corrected chi connectivity index (χ1v) is 11.5. The van der Waals surface area contributed by atoms with Crippen molar-refractivity contribution >= 4 is 43.8 Å². The molecule has 1 atom stereocenters. The van der Waals surface area contributed by atoms with Crippen molar-refractivity contribution in [1.82, 2.24) is 9.97 Å². The van der Waals surface area contributed by atoms with Gasteiger partial charge >= 0.3 is 5.97 Å². The van der Waals surface area contributed by atoms with Crippen LogP contribution in [0.5, 0.6) is 5.75 Å². The van der Waals surface area contributed by atoms with E-state index in [1.54, 1.807) is 6.07 Å². The molecular weight excluding hydrogens is 423 g/mol. The number of aryl methyl sites for hydroxylation is 1. The van der Waals surface area contributed by atoms with Crippen molar-refractivity contribution in [3.8, 4) is 5.75 Å².